The minimum absolute atomic E-state index is 0.0300. The minimum atomic E-state index is -1.80. The van der Waals surface area contributed by atoms with E-state index in [0.717, 1.165) is 11.1 Å². The average molecular weight is 741 g/mol. The number of esters is 1. The number of fused-ring (bicyclic) bond motifs is 5. The number of methoxy groups -OCH3 is 2. The molecule has 3 aliphatic rings. The number of halogens is 1. The number of aliphatic hydroxyl groups is 1. The van der Waals surface area contributed by atoms with Crippen LogP contribution in [0.15, 0.2) is 35.9 Å². The van der Waals surface area contributed by atoms with Crippen LogP contribution in [0.3, 0.4) is 0 Å². The van der Waals surface area contributed by atoms with Gasteiger partial charge < -0.3 is 43.2 Å². The third kappa shape index (κ3) is 9.32. The smallest absolute Gasteiger partial charge is 0.409 e. The molecule has 0 unspecified atom stereocenters. The van der Waals surface area contributed by atoms with Gasteiger partial charge in [0.15, 0.2) is 11.8 Å². The molecular weight excluding hydrogens is 692 g/mol. The molecule has 8 atom stereocenters. The van der Waals surface area contributed by atoms with Crippen LogP contribution in [0.25, 0.3) is 0 Å². The monoisotopic (exact) mass is 740 g/mol. The predicted molar refractivity (Wildman–Crippen MR) is 189 cm³/mol. The van der Waals surface area contributed by atoms with Crippen LogP contribution in [0.1, 0.15) is 46.1 Å². The molecule has 13 nitrogen and oxygen atoms in total. The second-order valence-electron chi connectivity index (χ2n) is 13.1. The quantitative estimate of drug-likeness (QED) is 0.138. The van der Waals surface area contributed by atoms with E-state index in [1.807, 2.05) is 26.0 Å². The highest BCUT2D eigenvalue weighted by molar-refractivity contribution is 7.80. The number of hydrogen-bond donors (Lipinski definition) is 3. The molecule has 0 aliphatic carbocycles. The number of ether oxygens (including phenoxy) is 7. The van der Waals surface area contributed by atoms with Crippen LogP contribution in [0.5, 0.6) is 5.75 Å². The molecule has 50 heavy (non-hydrogen) atoms. The topological polar surface area (TPSA) is 155 Å². The van der Waals surface area contributed by atoms with Crippen molar-refractivity contribution in [2.45, 2.75) is 88.8 Å². The first kappa shape index (κ1) is 39.9. The molecule has 0 aromatic heterocycles. The molecule has 15 heteroatoms. The van der Waals surface area contributed by atoms with Crippen LogP contribution in [-0.4, -0.2) is 112 Å². The number of anilines is 1. The summed E-state index contributed by atoms with van der Waals surface area (Å²) in [5.41, 5.74) is -0.794. The molecule has 4 rings (SSSR count). The summed E-state index contributed by atoms with van der Waals surface area (Å²) in [6, 6.07) is 3.61. The van der Waals surface area contributed by atoms with Crippen LogP contribution in [0, 0.1) is 5.92 Å². The summed E-state index contributed by atoms with van der Waals surface area (Å²) in [6.07, 6.45) is 0.226. The molecule has 4 bridgehead atoms. The van der Waals surface area contributed by atoms with Crippen molar-refractivity contribution in [3.05, 3.63) is 46.5 Å². The van der Waals surface area contributed by atoms with E-state index in [0.29, 0.717) is 30.2 Å². The Morgan fingerprint density at radius 2 is 1.98 bits per heavy atom. The van der Waals surface area contributed by atoms with Gasteiger partial charge in [0.25, 0.3) is 0 Å². The van der Waals surface area contributed by atoms with Crippen LogP contribution < -0.4 is 15.0 Å². The second-order valence-corrected chi connectivity index (χ2v) is 13.9. The zero-order valence-electron chi connectivity index (χ0n) is 29.6. The van der Waals surface area contributed by atoms with Gasteiger partial charge in [-0.15, -0.1) is 0 Å². The molecule has 3 aliphatic heterocycles. The van der Waals surface area contributed by atoms with Crippen molar-refractivity contribution in [2.75, 3.05) is 51.7 Å². The average Bonchev–Trinajstić information content (AvgIpc) is 3.77. The van der Waals surface area contributed by atoms with Crippen molar-refractivity contribution >= 4 is 47.9 Å². The van der Waals surface area contributed by atoms with Gasteiger partial charge in [-0.05, 0) is 44.9 Å². The third-order valence-electron chi connectivity index (χ3n) is 9.37. The van der Waals surface area contributed by atoms with E-state index >= 15 is 0 Å². The predicted octanol–water partition coefficient (Wildman–Crippen LogP) is 4.02. The van der Waals surface area contributed by atoms with Gasteiger partial charge in [-0.2, -0.15) is 12.6 Å². The van der Waals surface area contributed by atoms with E-state index < -0.39 is 65.7 Å². The Kier molecular flexibility index (Phi) is 13.7. The Labute approximate surface area is 303 Å². The van der Waals surface area contributed by atoms with Crippen LogP contribution in [-0.2, 0) is 44.4 Å². The molecule has 278 valence electrons. The SMILES string of the molecule is COc1cc2cc(c1Cl)N(C)C(=O)C[C@H](OC(=O)[C@H](C)OCCOCCS)[C@]1(C)O[C@H]1[C@H](C)[C@@H]1C[C@@](O)(NC(=O)O1)[C@H](OC)/C=C/C=C(\C)C2. The first-order chi connectivity index (χ1) is 23.7. The molecule has 1 aromatic carbocycles. The lowest BCUT2D eigenvalue weighted by Crippen LogP contribution is -2.63. The number of carbonyl (C=O) groups excluding carboxylic acids is 3. The summed E-state index contributed by atoms with van der Waals surface area (Å²) in [5.74, 6) is -0.651. The number of benzene rings is 1. The van der Waals surface area contributed by atoms with Crippen molar-refractivity contribution in [3.8, 4) is 5.75 Å². The molecule has 2 fully saturated rings. The number of alkyl carbamates (subject to hydrolysis) is 1. The molecule has 2 N–H and O–H groups in total. The molecule has 2 saturated heterocycles. The van der Waals surface area contributed by atoms with Gasteiger partial charge in [-0.25, -0.2) is 9.59 Å². The van der Waals surface area contributed by atoms with Gasteiger partial charge in [-0.1, -0.05) is 42.3 Å². The number of rotatable bonds is 10. The molecule has 3 heterocycles. The van der Waals surface area contributed by atoms with Crippen LogP contribution >= 0.6 is 24.2 Å². The second kappa shape index (κ2) is 17.1. The fourth-order valence-electron chi connectivity index (χ4n) is 6.36. The lowest BCUT2D eigenvalue weighted by Gasteiger charge is -2.42. The fraction of sp³-hybridized carbons (Fsp3) is 0.629. The number of amides is 2. The van der Waals surface area contributed by atoms with E-state index in [1.165, 1.54) is 19.1 Å². The number of carbonyl (C=O) groups is 3. The van der Waals surface area contributed by atoms with Gasteiger partial charge in [0.2, 0.25) is 5.91 Å². The number of hydrogen-bond acceptors (Lipinski definition) is 12. The van der Waals surface area contributed by atoms with E-state index in [4.69, 9.17) is 44.8 Å². The highest BCUT2D eigenvalue weighted by atomic mass is 35.5. The maximum Gasteiger partial charge on any atom is 0.409 e. The maximum absolute atomic E-state index is 14.0. The van der Waals surface area contributed by atoms with Crippen LogP contribution in [0.2, 0.25) is 5.02 Å². The minimum Gasteiger partial charge on any atom is -0.495 e. The Morgan fingerprint density at radius 3 is 2.66 bits per heavy atom. The molecular formula is C35H49ClN2O11S. The molecule has 1 aromatic rings. The van der Waals surface area contributed by atoms with E-state index in [2.05, 4.69) is 17.9 Å². The Bertz CT molecular complexity index is 1460. The largest absolute Gasteiger partial charge is 0.495 e. The van der Waals surface area contributed by atoms with E-state index in [9.17, 15) is 19.5 Å². The summed E-state index contributed by atoms with van der Waals surface area (Å²) in [7, 11) is 4.52. The Balaban J connectivity index is 1.72. The molecule has 0 saturated carbocycles. The van der Waals surface area contributed by atoms with Crippen LogP contribution in [0.4, 0.5) is 10.5 Å². The Morgan fingerprint density at radius 1 is 1.24 bits per heavy atom. The van der Waals surface area contributed by atoms with Gasteiger partial charge >= 0.3 is 12.1 Å². The van der Waals surface area contributed by atoms with Crippen molar-refractivity contribution < 1.29 is 52.6 Å². The van der Waals surface area contributed by atoms with Crippen molar-refractivity contribution in [2.24, 2.45) is 5.92 Å². The number of nitrogens with one attached hydrogen (secondary N) is 1. The molecule has 2 amide bonds. The van der Waals surface area contributed by atoms with Crippen molar-refractivity contribution in [1.29, 1.82) is 0 Å². The zero-order chi connectivity index (χ0) is 36.8. The van der Waals surface area contributed by atoms with Gasteiger partial charge in [0, 0.05) is 32.2 Å². The fourth-order valence-corrected chi connectivity index (χ4v) is 6.80. The number of thiol groups is 1. The zero-order valence-corrected chi connectivity index (χ0v) is 31.3. The summed E-state index contributed by atoms with van der Waals surface area (Å²) < 4.78 is 40.0. The highest BCUT2D eigenvalue weighted by Crippen LogP contribution is 2.49. The number of nitrogens with zero attached hydrogens (tertiary/aromatic N) is 1. The van der Waals surface area contributed by atoms with E-state index in [1.54, 1.807) is 39.1 Å². The Hall–Kier alpha value is -2.85. The molecule has 0 radical (unpaired) electrons. The first-order valence-corrected chi connectivity index (χ1v) is 17.6. The van der Waals surface area contributed by atoms with Crippen molar-refractivity contribution in [3.63, 3.8) is 0 Å². The van der Waals surface area contributed by atoms with E-state index in [-0.39, 0.29) is 31.1 Å². The highest BCUT2D eigenvalue weighted by Gasteiger charge is 2.64. The third-order valence-corrected chi connectivity index (χ3v) is 9.93. The van der Waals surface area contributed by atoms with Crippen molar-refractivity contribution in [1.82, 2.24) is 5.32 Å². The number of epoxide rings is 1. The van der Waals surface area contributed by atoms with Gasteiger partial charge in [0.05, 0.1) is 45.1 Å². The molecule has 0 spiro atoms. The number of allylic oxidation sites excluding steroid dienone is 3. The summed E-state index contributed by atoms with van der Waals surface area (Å²) in [5, 5.41) is 14.4. The van der Waals surface area contributed by atoms with Gasteiger partial charge in [0.1, 0.15) is 34.7 Å². The normalized spacial score (nSPS) is 32.5. The van der Waals surface area contributed by atoms with Gasteiger partial charge in [-0.3, -0.25) is 10.1 Å². The summed E-state index contributed by atoms with van der Waals surface area (Å²) >= 11 is 10.8. The lowest BCUT2D eigenvalue weighted by atomic mass is 9.83. The first-order valence-electron chi connectivity index (χ1n) is 16.6. The lowest BCUT2D eigenvalue weighted by molar-refractivity contribution is -0.166. The maximum atomic E-state index is 14.0. The standard InChI is InChI=1S/C35H49ClN2O11S/c1-20-9-8-10-27(44-7)35(42)19-26(47-33(41)37-35)21(2)31-34(4,49-31)28(48-32(40)22(3)46-12-11-45-13-14-50)18-29(39)38(5)24-16-23(15-20)17-25(43-6)30(24)36/h8-10,16-17,21-22,26-28,31,42,50H,11-15,18-19H2,1-7H3,(H,37,41)/b10-8+,20-9+/t21-,22+,26+,27-,28+,31+,34+,35+/m1/s1. The summed E-state index contributed by atoms with van der Waals surface area (Å²) in [6.45, 7) is 7.89. The summed E-state index contributed by atoms with van der Waals surface area (Å²) in [4.78, 5) is 41.5.